The number of anilines is 1. The number of ether oxygens (including phenoxy) is 1. The van der Waals surface area contributed by atoms with E-state index in [1.54, 1.807) is 17.5 Å². The largest absolute Gasteiger partial charge is 0.379 e. The Morgan fingerprint density at radius 3 is 2.38 bits per heavy atom. The van der Waals surface area contributed by atoms with Gasteiger partial charge in [-0.3, -0.25) is 20.2 Å². The summed E-state index contributed by atoms with van der Waals surface area (Å²) in [7, 11) is -3.57. The number of thiazole rings is 1. The fourth-order valence-corrected chi connectivity index (χ4v) is 5.22. The summed E-state index contributed by atoms with van der Waals surface area (Å²) in [5.74, 6) is -0.437. The molecule has 1 fully saturated rings. The van der Waals surface area contributed by atoms with E-state index in [0.29, 0.717) is 42.7 Å². The number of amides is 1. The summed E-state index contributed by atoms with van der Waals surface area (Å²) in [5.41, 5.74) is 1.46. The number of nitrogens with zero attached hydrogens (tertiary/aromatic N) is 3. The van der Waals surface area contributed by atoms with Crippen molar-refractivity contribution in [2.45, 2.75) is 4.90 Å². The molecule has 12 heteroatoms. The van der Waals surface area contributed by atoms with Crippen molar-refractivity contribution in [1.82, 2.24) is 9.29 Å². The molecule has 1 N–H and O–H groups in total. The fraction of sp³-hybridized carbons (Fsp3) is 0.200. The highest BCUT2D eigenvalue weighted by Crippen LogP contribution is 2.27. The predicted octanol–water partition coefficient (Wildman–Crippen LogP) is 2.99. The van der Waals surface area contributed by atoms with Crippen LogP contribution in [0, 0.1) is 10.1 Å². The number of morpholine rings is 1. The highest BCUT2D eigenvalue weighted by Gasteiger charge is 2.26. The predicted molar refractivity (Wildman–Crippen MR) is 118 cm³/mol. The maximum absolute atomic E-state index is 12.7. The number of non-ortho nitro benzene ring substituents is 1. The van der Waals surface area contributed by atoms with E-state index in [0.717, 1.165) is 0 Å². The van der Waals surface area contributed by atoms with E-state index in [9.17, 15) is 23.3 Å². The van der Waals surface area contributed by atoms with Crippen LogP contribution >= 0.6 is 11.3 Å². The lowest BCUT2D eigenvalue weighted by Gasteiger charge is -2.26. The first-order chi connectivity index (χ1) is 15.3. The van der Waals surface area contributed by atoms with E-state index < -0.39 is 20.9 Å². The van der Waals surface area contributed by atoms with Crippen molar-refractivity contribution in [2.24, 2.45) is 0 Å². The number of rotatable bonds is 6. The quantitative estimate of drug-likeness (QED) is 0.429. The Bertz CT molecular complexity index is 1230. The topological polar surface area (TPSA) is 132 Å². The van der Waals surface area contributed by atoms with Crippen molar-refractivity contribution in [1.29, 1.82) is 0 Å². The van der Waals surface area contributed by atoms with Crippen LogP contribution in [-0.4, -0.2) is 54.8 Å². The second kappa shape index (κ2) is 9.12. The summed E-state index contributed by atoms with van der Waals surface area (Å²) in [6, 6.07) is 11.7. The molecule has 0 saturated carbocycles. The van der Waals surface area contributed by atoms with Gasteiger partial charge in [0.2, 0.25) is 10.0 Å². The summed E-state index contributed by atoms with van der Waals surface area (Å²) >= 11 is 1.22. The number of carbonyl (C=O) groups is 1. The minimum Gasteiger partial charge on any atom is -0.379 e. The first-order valence-corrected chi connectivity index (χ1v) is 11.9. The smallest absolute Gasteiger partial charge is 0.269 e. The summed E-state index contributed by atoms with van der Waals surface area (Å²) in [4.78, 5) is 27.1. The Kier molecular flexibility index (Phi) is 6.28. The van der Waals surface area contributed by atoms with Crippen molar-refractivity contribution < 1.29 is 22.9 Å². The number of nitro groups is 1. The molecule has 1 amide bonds. The summed E-state index contributed by atoms with van der Waals surface area (Å²) in [6.07, 6.45) is 0. The molecule has 0 spiro atoms. The fourth-order valence-electron chi connectivity index (χ4n) is 3.10. The number of hydrogen-bond acceptors (Lipinski definition) is 8. The van der Waals surface area contributed by atoms with Gasteiger partial charge in [-0.05, 0) is 24.3 Å². The lowest BCUT2D eigenvalue weighted by molar-refractivity contribution is -0.384. The van der Waals surface area contributed by atoms with E-state index in [4.69, 9.17) is 4.74 Å². The Morgan fingerprint density at radius 2 is 1.75 bits per heavy atom. The zero-order valence-electron chi connectivity index (χ0n) is 16.6. The molecule has 0 aliphatic carbocycles. The lowest BCUT2D eigenvalue weighted by Crippen LogP contribution is -2.40. The number of nitro benzene ring substituents is 1. The Balaban J connectivity index is 1.45. The van der Waals surface area contributed by atoms with E-state index in [2.05, 4.69) is 10.3 Å². The third-order valence-corrected chi connectivity index (χ3v) is 7.49. The van der Waals surface area contributed by atoms with Gasteiger partial charge in [-0.2, -0.15) is 4.31 Å². The second-order valence-corrected chi connectivity index (χ2v) is 9.63. The van der Waals surface area contributed by atoms with Crippen LogP contribution in [0.1, 0.15) is 10.4 Å². The summed E-state index contributed by atoms with van der Waals surface area (Å²) in [6.45, 7) is 1.41. The van der Waals surface area contributed by atoms with Crippen LogP contribution in [0.4, 0.5) is 10.8 Å². The van der Waals surface area contributed by atoms with Crippen LogP contribution < -0.4 is 5.32 Å². The molecule has 1 aliphatic rings. The van der Waals surface area contributed by atoms with Crippen molar-refractivity contribution in [3.63, 3.8) is 0 Å². The first kappa shape index (κ1) is 22.0. The third kappa shape index (κ3) is 4.67. The second-order valence-electron chi connectivity index (χ2n) is 6.84. The molecule has 1 aromatic heterocycles. The molecule has 2 heterocycles. The van der Waals surface area contributed by atoms with Crippen molar-refractivity contribution in [3.05, 3.63) is 69.6 Å². The number of aromatic nitrogens is 1. The van der Waals surface area contributed by atoms with Crippen LogP contribution in [0.25, 0.3) is 11.3 Å². The maximum atomic E-state index is 12.7. The van der Waals surface area contributed by atoms with E-state index >= 15 is 0 Å². The van der Waals surface area contributed by atoms with Crippen LogP contribution in [0.15, 0.2) is 58.8 Å². The molecule has 0 unspecified atom stereocenters. The highest BCUT2D eigenvalue weighted by atomic mass is 32.2. The average Bonchev–Trinajstić information content (AvgIpc) is 3.28. The highest BCUT2D eigenvalue weighted by molar-refractivity contribution is 7.89. The maximum Gasteiger partial charge on any atom is 0.269 e. The third-order valence-electron chi connectivity index (χ3n) is 4.82. The van der Waals surface area contributed by atoms with Gasteiger partial charge >= 0.3 is 0 Å². The van der Waals surface area contributed by atoms with Crippen LogP contribution in [0.5, 0.6) is 0 Å². The zero-order chi connectivity index (χ0) is 22.7. The number of sulfonamides is 1. The van der Waals surface area contributed by atoms with Crippen LogP contribution in [0.2, 0.25) is 0 Å². The van der Waals surface area contributed by atoms with Crippen LogP contribution in [-0.2, 0) is 14.8 Å². The van der Waals surface area contributed by atoms with Gasteiger partial charge in [-0.25, -0.2) is 13.4 Å². The van der Waals surface area contributed by atoms with E-state index in [1.807, 2.05) is 0 Å². The lowest BCUT2D eigenvalue weighted by atomic mass is 10.2. The standard InChI is InChI=1S/C20H18N4O6S2/c25-19(15-1-5-16(6-2-15)24(26)27)22-20-21-18(13-31-20)14-3-7-17(8-4-14)32(28,29)23-9-11-30-12-10-23/h1-8,13H,9-12H2,(H,21,22,25). The summed E-state index contributed by atoms with van der Waals surface area (Å²) in [5, 5.41) is 15.5. The summed E-state index contributed by atoms with van der Waals surface area (Å²) < 4.78 is 32.1. The molecular formula is C20H18N4O6S2. The van der Waals surface area contributed by atoms with Gasteiger partial charge in [0.1, 0.15) is 0 Å². The van der Waals surface area contributed by atoms with E-state index in [1.165, 1.54) is 52.0 Å². The molecule has 10 nitrogen and oxygen atoms in total. The van der Waals surface area contributed by atoms with Gasteiger partial charge in [-0.15, -0.1) is 11.3 Å². The average molecular weight is 475 g/mol. The van der Waals surface area contributed by atoms with Gasteiger partial charge in [0, 0.05) is 41.7 Å². The SMILES string of the molecule is O=C(Nc1nc(-c2ccc(S(=O)(=O)N3CCOCC3)cc2)cs1)c1ccc([N+](=O)[O-])cc1. The van der Waals surface area contributed by atoms with Crippen LogP contribution in [0.3, 0.4) is 0 Å². The Morgan fingerprint density at radius 1 is 1.09 bits per heavy atom. The minimum absolute atomic E-state index is 0.0998. The molecule has 0 bridgehead atoms. The number of benzene rings is 2. The number of nitrogens with one attached hydrogen (secondary N) is 1. The molecule has 166 valence electrons. The van der Waals surface area contributed by atoms with Gasteiger partial charge in [0.05, 0.1) is 28.7 Å². The molecule has 4 rings (SSSR count). The van der Waals surface area contributed by atoms with Crippen molar-refractivity contribution in [2.75, 3.05) is 31.6 Å². The molecule has 2 aromatic carbocycles. The molecule has 0 radical (unpaired) electrons. The van der Waals surface area contributed by atoms with Gasteiger partial charge in [0.25, 0.3) is 11.6 Å². The number of hydrogen-bond donors (Lipinski definition) is 1. The normalized spacial score (nSPS) is 14.8. The van der Waals surface area contributed by atoms with E-state index in [-0.39, 0.29) is 16.1 Å². The van der Waals surface area contributed by atoms with Gasteiger partial charge in [0.15, 0.2) is 5.13 Å². The number of carbonyl (C=O) groups excluding carboxylic acids is 1. The molecule has 3 aromatic rings. The Labute approximate surface area is 187 Å². The van der Waals surface area contributed by atoms with Gasteiger partial charge < -0.3 is 4.74 Å². The molecule has 32 heavy (non-hydrogen) atoms. The Hall–Kier alpha value is -3.19. The molecular weight excluding hydrogens is 456 g/mol. The zero-order valence-corrected chi connectivity index (χ0v) is 18.3. The monoisotopic (exact) mass is 474 g/mol. The molecule has 0 atom stereocenters. The first-order valence-electron chi connectivity index (χ1n) is 9.54. The molecule has 1 aliphatic heterocycles. The molecule has 1 saturated heterocycles. The van der Waals surface area contributed by atoms with Gasteiger partial charge in [-0.1, -0.05) is 12.1 Å². The van der Waals surface area contributed by atoms with Crippen molar-refractivity contribution >= 4 is 38.1 Å². The minimum atomic E-state index is -3.57. The van der Waals surface area contributed by atoms with Crippen molar-refractivity contribution in [3.8, 4) is 11.3 Å².